The molecule has 0 aliphatic heterocycles. The van der Waals surface area contributed by atoms with Crippen molar-refractivity contribution in [1.29, 1.82) is 0 Å². The van der Waals surface area contributed by atoms with E-state index in [4.69, 9.17) is 9.15 Å². The summed E-state index contributed by atoms with van der Waals surface area (Å²) in [6.07, 6.45) is 1.80. The van der Waals surface area contributed by atoms with Crippen molar-refractivity contribution in [3.8, 4) is 5.75 Å². The lowest BCUT2D eigenvalue weighted by Gasteiger charge is -2.05. The number of carbonyl (C=O) groups excluding carboxylic acids is 1. The zero-order valence-corrected chi connectivity index (χ0v) is 14.8. The number of oxazole rings is 1. The second-order valence-corrected chi connectivity index (χ2v) is 6.01. The number of methoxy groups -OCH3 is 1. The molecule has 0 aliphatic rings. The summed E-state index contributed by atoms with van der Waals surface area (Å²) in [5.41, 5.74) is 3.21. The quantitative estimate of drug-likeness (QED) is 0.362. The molecule has 3 aromatic carbocycles. The van der Waals surface area contributed by atoms with E-state index < -0.39 is 0 Å². The highest BCUT2D eigenvalue weighted by atomic mass is 16.5. The standard InChI is InChI=1S/C23H17NO3/c1-26-18-13-11-17(12-14-18)22(25)19(15-16-7-3-2-4-8-16)23-24-20-9-5-6-10-21(20)27-23/h2-15H,1H3/b19-15-. The molecule has 0 amide bonds. The van der Waals surface area contributed by atoms with Gasteiger partial charge in [-0.1, -0.05) is 42.5 Å². The molecule has 0 unspecified atom stereocenters. The van der Waals surface area contributed by atoms with Crippen LogP contribution in [-0.4, -0.2) is 17.9 Å². The summed E-state index contributed by atoms with van der Waals surface area (Å²) >= 11 is 0. The van der Waals surface area contributed by atoms with Gasteiger partial charge in [-0.25, -0.2) is 4.98 Å². The minimum atomic E-state index is -0.159. The maximum absolute atomic E-state index is 13.2. The molecule has 4 heteroatoms. The third-order valence-corrected chi connectivity index (χ3v) is 4.23. The number of rotatable bonds is 5. The van der Waals surface area contributed by atoms with Crippen LogP contribution in [-0.2, 0) is 0 Å². The van der Waals surface area contributed by atoms with Gasteiger partial charge in [0.1, 0.15) is 11.3 Å². The van der Waals surface area contributed by atoms with Crippen LogP contribution in [0.5, 0.6) is 5.75 Å². The molecular weight excluding hydrogens is 338 g/mol. The molecule has 0 radical (unpaired) electrons. The van der Waals surface area contributed by atoms with Crippen molar-refractivity contribution in [2.75, 3.05) is 7.11 Å². The zero-order valence-electron chi connectivity index (χ0n) is 14.8. The van der Waals surface area contributed by atoms with E-state index in [1.807, 2.05) is 54.6 Å². The molecule has 0 bridgehead atoms. The van der Waals surface area contributed by atoms with Crippen molar-refractivity contribution < 1.29 is 13.9 Å². The lowest BCUT2D eigenvalue weighted by atomic mass is 10.0. The van der Waals surface area contributed by atoms with Gasteiger partial charge >= 0.3 is 0 Å². The Morgan fingerprint density at radius 3 is 2.33 bits per heavy atom. The Morgan fingerprint density at radius 1 is 0.926 bits per heavy atom. The molecule has 1 aromatic heterocycles. The summed E-state index contributed by atoms with van der Waals surface area (Å²) in [5, 5.41) is 0. The van der Waals surface area contributed by atoms with E-state index in [1.54, 1.807) is 37.5 Å². The van der Waals surface area contributed by atoms with Crippen molar-refractivity contribution >= 4 is 28.5 Å². The highest BCUT2D eigenvalue weighted by molar-refractivity contribution is 6.31. The molecule has 0 N–H and O–H groups in total. The van der Waals surface area contributed by atoms with Crippen molar-refractivity contribution in [3.63, 3.8) is 0 Å². The largest absolute Gasteiger partial charge is 0.497 e. The van der Waals surface area contributed by atoms with Gasteiger partial charge in [0.05, 0.1) is 12.7 Å². The van der Waals surface area contributed by atoms with E-state index in [1.165, 1.54) is 0 Å². The van der Waals surface area contributed by atoms with E-state index >= 15 is 0 Å². The average molecular weight is 355 g/mol. The van der Waals surface area contributed by atoms with Crippen molar-refractivity contribution in [1.82, 2.24) is 4.98 Å². The van der Waals surface area contributed by atoms with Crippen LogP contribution in [0.4, 0.5) is 0 Å². The molecule has 132 valence electrons. The summed E-state index contributed by atoms with van der Waals surface area (Å²) in [5.74, 6) is 0.843. The van der Waals surface area contributed by atoms with Crippen LogP contribution >= 0.6 is 0 Å². The number of benzene rings is 3. The Morgan fingerprint density at radius 2 is 1.63 bits per heavy atom. The third-order valence-electron chi connectivity index (χ3n) is 4.23. The number of ether oxygens (including phenoxy) is 1. The molecule has 0 spiro atoms. The van der Waals surface area contributed by atoms with E-state index in [-0.39, 0.29) is 5.78 Å². The molecule has 4 nitrogen and oxygen atoms in total. The van der Waals surface area contributed by atoms with Crippen molar-refractivity contribution in [2.45, 2.75) is 0 Å². The normalized spacial score (nSPS) is 11.5. The van der Waals surface area contributed by atoms with Gasteiger partial charge < -0.3 is 9.15 Å². The number of para-hydroxylation sites is 2. The first-order valence-corrected chi connectivity index (χ1v) is 8.56. The number of hydrogen-bond donors (Lipinski definition) is 0. The SMILES string of the molecule is COc1ccc(C(=O)/C(=C/c2ccccc2)c2nc3ccccc3o2)cc1. The number of carbonyl (C=O) groups is 1. The van der Waals surface area contributed by atoms with E-state index in [0.29, 0.717) is 33.9 Å². The van der Waals surface area contributed by atoms with Crippen LogP contribution in [0.1, 0.15) is 21.8 Å². The van der Waals surface area contributed by atoms with E-state index in [9.17, 15) is 4.79 Å². The van der Waals surface area contributed by atoms with Gasteiger partial charge in [0.25, 0.3) is 0 Å². The predicted octanol–water partition coefficient (Wildman–Crippen LogP) is 5.26. The fourth-order valence-corrected chi connectivity index (χ4v) is 2.83. The Bertz CT molecular complexity index is 1080. The predicted molar refractivity (Wildman–Crippen MR) is 106 cm³/mol. The summed E-state index contributed by atoms with van der Waals surface area (Å²) in [4.78, 5) is 17.7. The molecule has 0 fully saturated rings. The minimum absolute atomic E-state index is 0.159. The van der Waals surface area contributed by atoms with Gasteiger partial charge in [-0.2, -0.15) is 0 Å². The van der Waals surface area contributed by atoms with Gasteiger partial charge in [0, 0.05) is 5.56 Å². The molecule has 1 heterocycles. The number of ketones is 1. The number of aromatic nitrogens is 1. The maximum atomic E-state index is 13.2. The molecule has 4 aromatic rings. The van der Waals surface area contributed by atoms with Crippen LogP contribution in [0.3, 0.4) is 0 Å². The van der Waals surface area contributed by atoms with Crippen LogP contribution in [0, 0.1) is 0 Å². The smallest absolute Gasteiger partial charge is 0.231 e. The third kappa shape index (κ3) is 3.51. The molecule has 0 saturated heterocycles. The van der Waals surface area contributed by atoms with Gasteiger partial charge in [0.2, 0.25) is 5.89 Å². The van der Waals surface area contributed by atoms with Crippen LogP contribution < -0.4 is 4.74 Å². The lowest BCUT2D eigenvalue weighted by Crippen LogP contribution is -2.03. The molecule has 27 heavy (non-hydrogen) atoms. The number of nitrogens with zero attached hydrogens (tertiary/aromatic N) is 1. The minimum Gasteiger partial charge on any atom is -0.497 e. The van der Waals surface area contributed by atoms with Crippen LogP contribution in [0.15, 0.2) is 83.3 Å². The Kier molecular flexibility index (Phi) is 4.54. The van der Waals surface area contributed by atoms with Crippen LogP contribution in [0.2, 0.25) is 0 Å². The first-order valence-electron chi connectivity index (χ1n) is 8.56. The average Bonchev–Trinajstić information content (AvgIpc) is 3.16. The first kappa shape index (κ1) is 16.8. The molecule has 4 rings (SSSR count). The molecule has 0 atom stereocenters. The monoisotopic (exact) mass is 355 g/mol. The van der Waals surface area contributed by atoms with Gasteiger partial charge in [0.15, 0.2) is 11.4 Å². The van der Waals surface area contributed by atoms with E-state index in [0.717, 1.165) is 5.56 Å². The lowest BCUT2D eigenvalue weighted by molar-refractivity contribution is 0.105. The molecule has 0 saturated carbocycles. The summed E-state index contributed by atoms with van der Waals surface area (Å²) in [6.45, 7) is 0. The number of Topliss-reactive ketones (excluding diaryl/α,β-unsaturated/α-hetero) is 1. The number of allylic oxidation sites excluding steroid dienone is 1. The second kappa shape index (κ2) is 7.30. The summed E-state index contributed by atoms with van der Waals surface area (Å²) < 4.78 is 11.0. The topological polar surface area (TPSA) is 52.3 Å². The number of hydrogen-bond acceptors (Lipinski definition) is 4. The van der Waals surface area contributed by atoms with E-state index in [2.05, 4.69) is 4.98 Å². The Balaban J connectivity index is 1.82. The van der Waals surface area contributed by atoms with Crippen molar-refractivity contribution in [3.05, 3.63) is 95.9 Å². The fourth-order valence-electron chi connectivity index (χ4n) is 2.83. The first-order chi connectivity index (χ1) is 13.2. The molecular formula is C23H17NO3. The Labute approximate surface area is 156 Å². The number of fused-ring (bicyclic) bond motifs is 1. The highest BCUT2D eigenvalue weighted by Gasteiger charge is 2.20. The van der Waals surface area contributed by atoms with Gasteiger partial charge in [-0.15, -0.1) is 0 Å². The zero-order chi connectivity index (χ0) is 18.6. The van der Waals surface area contributed by atoms with Gasteiger partial charge in [-0.3, -0.25) is 4.79 Å². The summed E-state index contributed by atoms with van der Waals surface area (Å²) in [6, 6.07) is 24.1. The summed E-state index contributed by atoms with van der Waals surface area (Å²) in [7, 11) is 1.59. The Hall–Kier alpha value is -3.66. The molecule has 0 aliphatic carbocycles. The maximum Gasteiger partial charge on any atom is 0.231 e. The second-order valence-electron chi connectivity index (χ2n) is 6.01. The van der Waals surface area contributed by atoms with Crippen LogP contribution in [0.25, 0.3) is 22.7 Å². The van der Waals surface area contributed by atoms with Crippen molar-refractivity contribution in [2.24, 2.45) is 0 Å². The van der Waals surface area contributed by atoms with Gasteiger partial charge in [-0.05, 0) is 48.0 Å². The highest BCUT2D eigenvalue weighted by Crippen LogP contribution is 2.26. The fraction of sp³-hybridized carbons (Fsp3) is 0.0435.